The van der Waals surface area contributed by atoms with Gasteiger partial charge in [0.2, 0.25) is 0 Å². The van der Waals surface area contributed by atoms with Gasteiger partial charge in [0.1, 0.15) is 5.75 Å². The van der Waals surface area contributed by atoms with E-state index in [1.165, 1.54) is 0 Å². The van der Waals surface area contributed by atoms with Crippen molar-refractivity contribution in [2.45, 2.75) is 25.8 Å². The molecule has 2 aromatic heterocycles. The number of carbonyl (C=O) groups excluding carboxylic acids is 1. The van der Waals surface area contributed by atoms with E-state index in [0.717, 1.165) is 17.7 Å². The van der Waals surface area contributed by atoms with E-state index in [1.54, 1.807) is 50.0 Å². The predicted molar refractivity (Wildman–Crippen MR) is 120 cm³/mol. The Bertz CT molecular complexity index is 1100. The first-order valence-corrected chi connectivity index (χ1v) is 10.8. The van der Waals surface area contributed by atoms with Gasteiger partial charge >= 0.3 is 0 Å². The second-order valence-electron chi connectivity index (χ2n) is 7.43. The average molecular weight is 454 g/mol. The summed E-state index contributed by atoms with van der Waals surface area (Å²) in [6, 6.07) is 6.72. The van der Waals surface area contributed by atoms with Gasteiger partial charge < -0.3 is 14.4 Å². The minimum Gasteiger partial charge on any atom is -0.492 e. The van der Waals surface area contributed by atoms with Gasteiger partial charge in [0.25, 0.3) is 5.91 Å². The molecular weight excluding hydrogens is 430 g/mol. The summed E-state index contributed by atoms with van der Waals surface area (Å²) in [7, 11) is 1.65. The summed E-state index contributed by atoms with van der Waals surface area (Å²) in [5.41, 5.74) is 2.36. The van der Waals surface area contributed by atoms with Crippen molar-refractivity contribution < 1.29 is 14.3 Å². The van der Waals surface area contributed by atoms with Gasteiger partial charge in [-0.15, -0.1) is 0 Å². The number of carbonyl (C=O) groups is 1. The van der Waals surface area contributed by atoms with Crippen LogP contribution in [-0.4, -0.2) is 57.6 Å². The Morgan fingerprint density at radius 3 is 2.75 bits per heavy atom. The fourth-order valence-electron chi connectivity index (χ4n) is 3.67. The van der Waals surface area contributed by atoms with Crippen LogP contribution in [0.1, 0.15) is 41.0 Å². The number of hydrogen-bond donors (Lipinski definition) is 0. The average Bonchev–Trinajstić information content (AvgIpc) is 2.83. The molecule has 1 amide bonds. The highest BCUT2D eigenvalue weighted by molar-refractivity contribution is 6.32. The molecule has 0 aliphatic carbocycles. The minimum atomic E-state index is -0.166. The Morgan fingerprint density at radius 1 is 1.19 bits per heavy atom. The van der Waals surface area contributed by atoms with Crippen molar-refractivity contribution in [1.82, 2.24) is 24.8 Å². The van der Waals surface area contributed by atoms with Crippen LogP contribution in [0.15, 0.2) is 42.9 Å². The summed E-state index contributed by atoms with van der Waals surface area (Å²) in [6.45, 7) is 3.64. The van der Waals surface area contributed by atoms with Crippen LogP contribution in [0.25, 0.3) is 11.6 Å². The molecule has 4 rings (SSSR count). The van der Waals surface area contributed by atoms with Crippen LogP contribution in [-0.2, 0) is 11.2 Å². The lowest BCUT2D eigenvalue weighted by molar-refractivity contribution is 0.0675. The molecule has 1 atom stereocenters. The van der Waals surface area contributed by atoms with Crippen LogP contribution in [0, 0.1) is 0 Å². The monoisotopic (exact) mass is 453 g/mol. The van der Waals surface area contributed by atoms with Gasteiger partial charge in [0.05, 0.1) is 23.4 Å². The maximum absolute atomic E-state index is 13.2. The molecule has 0 spiro atoms. The van der Waals surface area contributed by atoms with E-state index in [4.69, 9.17) is 21.1 Å². The summed E-state index contributed by atoms with van der Waals surface area (Å²) < 4.78 is 10.7. The summed E-state index contributed by atoms with van der Waals surface area (Å²) in [4.78, 5) is 32.5. The number of ether oxygens (including phenoxy) is 2. The van der Waals surface area contributed by atoms with Crippen molar-refractivity contribution in [2.24, 2.45) is 0 Å². The normalized spacial score (nSPS) is 15.3. The molecule has 0 N–H and O–H groups in total. The predicted octanol–water partition coefficient (Wildman–Crippen LogP) is 3.76. The standard InChI is InChI=1S/C23H24ClN5O3/c1-15-17-14-27-22(21-25-8-3-9-26-21)28-19(17)7-10-29(15)23(30)16-5-6-20(18(24)13-16)32-12-4-11-31-2/h3,5-6,8-9,13-15H,4,7,10-12H2,1-2H3. The molecule has 9 heteroatoms. The van der Waals surface area contributed by atoms with Gasteiger partial charge in [-0.1, -0.05) is 11.6 Å². The third-order valence-electron chi connectivity index (χ3n) is 5.36. The zero-order valence-corrected chi connectivity index (χ0v) is 18.7. The Hall–Kier alpha value is -3.10. The molecule has 1 aliphatic rings. The first-order chi connectivity index (χ1) is 15.6. The molecule has 32 heavy (non-hydrogen) atoms. The topological polar surface area (TPSA) is 90.3 Å². The molecule has 0 fully saturated rings. The Balaban J connectivity index is 1.48. The smallest absolute Gasteiger partial charge is 0.254 e. The van der Waals surface area contributed by atoms with Gasteiger partial charge in [-0.3, -0.25) is 4.79 Å². The SMILES string of the molecule is COCCCOc1ccc(C(=O)N2CCc3nc(-c4ncccn4)ncc3C2C)cc1Cl. The minimum absolute atomic E-state index is 0.0912. The second kappa shape index (κ2) is 10.0. The lowest BCUT2D eigenvalue weighted by atomic mass is 9.98. The van der Waals surface area contributed by atoms with Crippen molar-refractivity contribution in [2.75, 3.05) is 26.9 Å². The number of rotatable bonds is 7. The molecular formula is C23H24ClN5O3. The molecule has 3 heterocycles. The first-order valence-electron chi connectivity index (χ1n) is 10.4. The molecule has 166 valence electrons. The van der Waals surface area contributed by atoms with Crippen molar-refractivity contribution in [1.29, 1.82) is 0 Å². The fourth-order valence-corrected chi connectivity index (χ4v) is 3.90. The van der Waals surface area contributed by atoms with E-state index in [2.05, 4.69) is 19.9 Å². The number of aromatic nitrogens is 4. The molecule has 8 nitrogen and oxygen atoms in total. The highest BCUT2D eigenvalue weighted by Crippen LogP contribution is 2.32. The van der Waals surface area contributed by atoms with Crippen LogP contribution in [0.3, 0.4) is 0 Å². The molecule has 1 aliphatic heterocycles. The van der Waals surface area contributed by atoms with E-state index in [9.17, 15) is 4.79 Å². The maximum Gasteiger partial charge on any atom is 0.254 e. The van der Waals surface area contributed by atoms with Crippen LogP contribution in [0.2, 0.25) is 5.02 Å². The Labute approximate surface area is 191 Å². The molecule has 0 bridgehead atoms. The molecule has 0 saturated carbocycles. The van der Waals surface area contributed by atoms with E-state index in [1.807, 2.05) is 11.8 Å². The number of amides is 1. The highest BCUT2D eigenvalue weighted by Gasteiger charge is 2.30. The van der Waals surface area contributed by atoms with Gasteiger partial charge in [-0.05, 0) is 31.2 Å². The maximum atomic E-state index is 13.2. The van der Waals surface area contributed by atoms with Crippen LogP contribution in [0.4, 0.5) is 0 Å². The van der Waals surface area contributed by atoms with E-state index in [-0.39, 0.29) is 11.9 Å². The third kappa shape index (κ3) is 4.71. The molecule has 0 radical (unpaired) electrons. The first kappa shape index (κ1) is 22.1. The Kier molecular flexibility index (Phi) is 6.92. The van der Waals surface area contributed by atoms with E-state index in [0.29, 0.717) is 54.2 Å². The summed E-state index contributed by atoms with van der Waals surface area (Å²) in [5, 5.41) is 0.411. The van der Waals surface area contributed by atoms with Crippen LogP contribution < -0.4 is 4.74 Å². The zero-order valence-electron chi connectivity index (χ0n) is 18.0. The van der Waals surface area contributed by atoms with E-state index < -0.39 is 0 Å². The molecule has 3 aromatic rings. The summed E-state index contributed by atoms with van der Waals surface area (Å²) >= 11 is 6.36. The van der Waals surface area contributed by atoms with Crippen molar-refractivity contribution in [3.05, 3.63) is 64.7 Å². The van der Waals surface area contributed by atoms with Crippen LogP contribution in [0.5, 0.6) is 5.75 Å². The number of nitrogens with zero attached hydrogens (tertiary/aromatic N) is 5. The number of benzene rings is 1. The van der Waals surface area contributed by atoms with Crippen molar-refractivity contribution in [3.8, 4) is 17.4 Å². The lowest BCUT2D eigenvalue weighted by Gasteiger charge is -2.34. The summed E-state index contributed by atoms with van der Waals surface area (Å²) in [5.74, 6) is 1.44. The number of methoxy groups -OCH3 is 1. The highest BCUT2D eigenvalue weighted by atomic mass is 35.5. The third-order valence-corrected chi connectivity index (χ3v) is 5.66. The van der Waals surface area contributed by atoms with E-state index >= 15 is 0 Å². The quantitative estimate of drug-likeness (QED) is 0.503. The van der Waals surface area contributed by atoms with Gasteiger partial charge in [0.15, 0.2) is 11.6 Å². The summed E-state index contributed by atoms with van der Waals surface area (Å²) in [6.07, 6.45) is 6.48. The Morgan fingerprint density at radius 2 is 2.00 bits per heavy atom. The second-order valence-corrected chi connectivity index (χ2v) is 7.84. The van der Waals surface area contributed by atoms with Gasteiger partial charge in [-0.25, -0.2) is 19.9 Å². The van der Waals surface area contributed by atoms with Crippen LogP contribution >= 0.6 is 11.6 Å². The van der Waals surface area contributed by atoms with Crippen molar-refractivity contribution in [3.63, 3.8) is 0 Å². The van der Waals surface area contributed by atoms with Gasteiger partial charge in [0, 0.05) is 62.8 Å². The zero-order chi connectivity index (χ0) is 22.5. The fraction of sp³-hybridized carbons (Fsp3) is 0.348. The lowest BCUT2D eigenvalue weighted by Crippen LogP contribution is -2.39. The molecule has 0 saturated heterocycles. The number of hydrogen-bond acceptors (Lipinski definition) is 7. The molecule has 1 aromatic carbocycles. The largest absolute Gasteiger partial charge is 0.492 e. The van der Waals surface area contributed by atoms with Gasteiger partial charge in [-0.2, -0.15) is 0 Å². The van der Waals surface area contributed by atoms with Crippen molar-refractivity contribution >= 4 is 17.5 Å². The number of fused-ring (bicyclic) bond motifs is 1. The number of halogens is 1. The molecule has 1 unspecified atom stereocenters.